The number of aromatic nitrogens is 1. The molecular weight excluding hydrogens is 232 g/mol. The normalized spacial score (nSPS) is 16.8. The van der Waals surface area contributed by atoms with Gasteiger partial charge in [-0.15, -0.1) is 0 Å². The van der Waals surface area contributed by atoms with E-state index >= 15 is 0 Å². The van der Waals surface area contributed by atoms with Gasteiger partial charge in [0.2, 0.25) is 0 Å². The van der Waals surface area contributed by atoms with E-state index in [9.17, 15) is 9.59 Å². The Hall–Kier alpha value is -1.66. The van der Waals surface area contributed by atoms with Crippen LogP contribution in [0.25, 0.3) is 0 Å². The minimum Gasteiger partial charge on any atom is -0.348 e. The predicted molar refractivity (Wildman–Crippen MR) is 67.6 cm³/mol. The van der Waals surface area contributed by atoms with Gasteiger partial charge in [0.25, 0.3) is 5.91 Å². The second kappa shape index (κ2) is 5.79. The summed E-state index contributed by atoms with van der Waals surface area (Å²) in [6.07, 6.45) is 0.704. The molecule has 0 spiro atoms. The molecule has 2 rings (SSSR count). The standard InChI is InChI=1S/C12H18N4O2/c13-3-4-15-5-7-16(8-6-15)12(18)11-2-1-10(9-17)14-11/h1-2,9,14H,3-8,13H2. The van der Waals surface area contributed by atoms with Crippen molar-refractivity contribution >= 4 is 12.2 Å². The van der Waals surface area contributed by atoms with E-state index in [1.54, 1.807) is 17.0 Å². The number of aldehydes is 1. The van der Waals surface area contributed by atoms with Crippen LogP contribution in [0.4, 0.5) is 0 Å². The zero-order valence-electron chi connectivity index (χ0n) is 10.3. The lowest BCUT2D eigenvalue weighted by molar-refractivity contribution is 0.0636. The molecule has 0 radical (unpaired) electrons. The highest BCUT2D eigenvalue weighted by Gasteiger charge is 2.22. The minimum absolute atomic E-state index is 0.0458. The Labute approximate surface area is 106 Å². The van der Waals surface area contributed by atoms with Crippen LogP contribution in [0, 0.1) is 0 Å². The lowest BCUT2D eigenvalue weighted by Crippen LogP contribution is -2.49. The van der Waals surface area contributed by atoms with Crippen LogP contribution >= 0.6 is 0 Å². The topological polar surface area (TPSA) is 82.4 Å². The van der Waals surface area contributed by atoms with E-state index in [1.165, 1.54) is 0 Å². The van der Waals surface area contributed by atoms with Gasteiger partial charge in [-0.05, 0) is 12.1 Å². The zero-order valence-corrected chi connectivity index (χ0v) is 10.3. The molecule has 0 saturated carbocycles. The summed E-state index contributed by atoms with van der Waals surface area (Å²) in [5, 5.41) is 0. The molecular formula is C12H18N4O2. The molecule has 2 heterocycles. The second-order valence-electron chi connectivity index (χ2n) is 4.37. The maximum absolute atomic E-state index is 12.1. The first-order valence-corrected chi connectivity index (χ1v) is 6.10. The summed E-state index contributed by atoms with van der Waals surface area (Å²) in [7, 11) is 0. The highest BCUT2D eigenvalue weighted by atomic mass is 16.2. The molecule has 1 aliphatic heterocycles. The highest BCUT2D eigenvalue weighted by Crippen LogP contribution is 2.08. The number of piperazine rings is 1. The Bertz CT molecular complexity index is 421. The number of nitrogens with zero attached hydrogens (tertiary/aromatic N) is 2. The number of rotatable bonds is 4. The van der Waals surface area contributed by atoms with Crippen LogP contribution < -0.4 is 5.73 Å². The average Bonchev–Trinajstić information content (AvgIpc) is 2.88. The van der Waals surface area contributed by atoms with Crippen molar-refractivity contribution in [2.45, 2.75) is 0 Å². The smallest absolute Gasteiger partial charge is 0.270 e. The zero-order chi connectivity index (χ0) is 13.0. The van der Waals surface area contributed by atoms with Crippen molar-refractivity contribution in [3.63, 3.8) is 0 Å². The van der Waals surface area contributed by atoms with E-state index in [4.69, 9.17) is 5.73 Å². The summed E-state index contributed by atoms with van der Waals surface area (Å²) in [4.78, 5) is 29.5. The van der Waals surface area contributed by atoms with Crippen LogP contribution in [0.1, 0.15) is 21.0 Å². The number of aromatic amines is 1. The van der Waals surface area contributed by atoms with E-state index < -0.39 is 0 Å². The monoisotopic (exact) mass is 250 g/mol. The van der Waals surface area contributed by atoms with Gasteiger partial charge in [0.05, 0.1) is 5.69 Å². The van der Waals surface area contributed by atoms with Gasteiger partial charge in [-0.2, -0.15) is 0 Å². The third-order valence-electron chi connectivity index (χ3n) is 3.17. The molecule has 0 bridgehead atoms. The first-order valence-electron chi connectivity index (χ1n) is 6.10. The van der Waals surface area contributed by atoms with Crippen molar-refractivity contribution in [1.29, 1.82) is 0 Å². The maximum Gasteiger partial charge on any atom is 0.270 e. The molecule has 1 aliphatic rings. The van der Waals surface area contributed by atoms with Gasteiger partial charge in [-0.25, -0.2) is 0 Å². The number of nitrogens with two attached hydrogens (primary N) is 1. The SMILES string of the molecule is NCCN1CCN(C(=O)c2ccc(C=O)[nH]2)CC1. The molecule has 1 aromatic heterocycles. The number of H-pyrrole nitrogens is 1. The molecule has 0 aromatic carbocycles. The highest BCUT2D eigenvalue weighted by molar-refractivity contribution is 5.93. The van der Waals surface area contributed by atoms with Gasteiger partial charge >= 0.3 is 0 Å². The van der Waals surface area contributed by atoms with E-state index in [2.05, 4.69) is 9.88 Å². The summed E-state index contributed by atoms with van der Waals surface area (Å²) in [6.45, 7) is 4.63. The van der Waals surface area contributed by atoms with Gasteiger partial charge < -0.3 is 15.6 Å². The minimum atomic E-state index is -0.0458. The van der Waals surface area contributed by atoms with Crippen molar-refractivity contribution in [3.05, 3.63) is 23.5 Å². The van der Waals surface area contributed by atoms with Crippen molar-refractivity contribution in [3.8, 4) is 0 Å². The van der Waals surface area contributed by atoms with Crippen molar-refractivity contribution in [1.82, 2.24) is 14.8 Å². The lowest BCUT2D eigenvalue weighted by Gasteiger charge is -2.34. The lowest BCUT2D eigenvalue weighted by atomic mass is 10.3. The van der Waals surface area contributed by atoms with Crippen LogP contribution in [0.3, 0.4) is 0 Å². The number of amides is 1. The summed E-state index contributed by atoms with van der Waals surface area (Å²) >= 11 is 0. The fraction of sp³-hybridized carbons (Fsp3) is 0.500. The summed E-state index contributed by atoms with van der Waals surface area (Å²) in [6, 6.07) is 3.27. The van der Waals surface area contributed by atoms with E-state index in [0.717, 1.165) is 19.6 Å². The van der Waals surface area contributed by atoms with Gasteiger partial charge in [0.15, 0.2) is 6.29 Å². The molecule has 1 fully saturated rings. The van der Waals surface area contributed by atoms with Crippen LogP contribution in [-0.2, 0) is 0 Å². The summed E-state index contributed by atoms with van der Waals surface area (Å²) in [5.41, 5.74) is 6.41. The molecule has 3 N–H and O–H groups in total. The number of hydrogen-bond acceptors (Lipinski definition) is 4. The average molecular weight is 250 g/mol. The Kier molecular flexibility index (Phi) is 4.11. The first-order chi connectivity index (χ1) is 8.74. The summed E-state index contributed by atoms with van der Waals surface area (Å²) in [5.74, 6) is -0.0458. The molecule has 1 amide bonds. The predicted octanol–water partition coefficient (Wildman–Crippen LogP) is -0.456. The molecule has 6 heteroatoms. The van der Waals surface area contributed by atoms with Gasteiger partial charge in [0, 0.05) is 39.3 Å². The molecule has 18 heavy (non-hydrogen) atoms. The number of carbonyl (C=O) groups excluding carboxylic acids is 2. The molecule has 0 aliphatic carbocycles. The Morgan fingerprint density at radius 2 is 2.06 bits per heavy atom. The van der Waals surface area contributed by atoms with Crippen LogP contribution in [-0.4, -0.2) is 66.2 Å². The Morgan fingerprint density at radius 3 is 2.61 bits per heavy atom. The third kappa shape index (κ3) is 2.77. The van der Waals surface area contributed by atoms with E-state index in [0.29, 0.717) is 37.3 Å². The van der Waals surface area contributed by atoms with Crippen molar-refractivity contribution < 1.29 is 9.59 Å². The molecule has 98 valence electrons. The molecule has 1 aromatic rings. The van der Waals surface area contributed by atoms with Crippen LogP contribution in [0.15, 0.2) is 12.1 Å². The maximum atomic E-state index is 12.1. The quantitative estimate of drug-likeness (QED) is 0.709. The molecule has 0 unspecified atom stereocenters. The molecule has 0 atom stereocenters. The Balaban J connectivity index is 1.93. The van der Waals surface area contributed by atoms with Gasteiger partial charge in [-0.1, -0.05) is 0 Å². The number of hydrogen-bond donors (Lipinski definition) is 2. The van der Waals surface area contributed by atoms with Crippen LogP contribution in [0.2, 0.25) is 0 Å². The van der Waals surface area contributed by atoms with Crippen molar-refractivity contribution in [2.75, 3.05) is 39.3 Å². The van der Waals surface area contributed by atoms with Crippen LogP contribution in [0.5, 0.6) is 0 Å². The van der Waals surface area contributed by atoms with Gasteiger partial charge in [-0.3, -0.25) is 14.5 Å². The largest absolute Gasteiger partial charge is 0.348 e. The molecule has 1 saturated heterocycles. The fourth-order valence-electron chi connectivity index (χ4n) is 2.13. The fourth-order valence-corrected chi connectivity index (χ4v) is 2.13. The number of carbonyl (C=O) groups is 2. The second-order valence-corrected chi connectivity index (χ2v) is 4.37. The third-order valence-corrected chi connectivity index (χ3v) is 3.17. The van der Waals surface area contributed by atoms with Gasteiger partial charge in [0.1, 0.15) is 5.69 Å². The molecule has 6 nitrogen and oxygen atoms in total. The van der Waals surface area contributed by atoms with Crippen molar-refractivity contribution in [2.24, 2.45) is 5.73 Å². The summed E-state index contributed by atoms with van der Waals surface area (Å²) < 4.78 is 0. The van der Waals surface area contributed by atoms with E-state index in [1.807, 2.05) is 0 Å². The Morgan fingerprint density at radius 1 is 1.33 bits per heavy atom. The first kappa shape index (κ1) is 12.8. The number of nitrogens with one attached hydrogen (secondary N) is 1. The van der Waals surface area contributed by atoms with E-state index in [-0.39, 0.29) is 5.91 Å².